The van der Waals surface area contributed by atoms with Gasteiger partial charge in [0.15, 0.2) is 5.65 Å². The monoisotopic (exact) mass is 258 g/mol. The van der Waals surface area contributed by atoms with Crippen molar-refractivity contribution in [2.75, 3.05) is 5.32 Å². The third-order valence-corrected chi connectivity index (χ3v) is 2.89. The Labute approximate surface area is 109 Å². The molecule has 3 aromatic rings. The van der Waals surface area contributed by atoms with Gasteiger partial charge in [-0.15, -0.1) is 0 Å². The average Bonchev–Trinajstić information content (AvgIpc) is 3.04. The standard InChI is InChI=1S/C12H14N6O/c1-3-8-4-13-10(19-8)6-14-11-9-5-17-18(2)12(9)16-7-15-11/h4-5,7H,3,6H2,1-2H3,(H,14,15,16). The Bertz CT molecular complexity index is 701. The summed E-state index contributed by atoms with van der Waals surface area (Å²) in [6.45, 7) is 2.52. The Morgan fingerprint density at radius 3 is 2.95 bits per heavy atom. The fourth-order valence-electron chi connectivity index (χ4n) is 1.86. The second kappa shape index (κ2) is 4.68. The predicted octanol–water partition coefficient (Wildman–Crippen LogP) is 1.53. The molecular formula is C12H14N6O. The van der Waals surface area contributed by atoms with Crippen LogP contribution in [0.4, 0.5) is 5.82 Å². The van der Waals surface area contributed by atoms with Gasteiger partial charge >= 0.3 is 0 Å². The number of fused-ring (bicyclic) bond motifs is 1. The molecule has 0 aliphatic rings. The topological polar surface area (TPSA) is 81.7 Å². The summed E-state index contributed by atoms with van der Waals surface area (Å²) in [6.07, 6.45) is 5.84. The van der Waals surface area contributed by atoms with Crippen LogP contribution in [-0.4, -0.2) is 24.7 Å². The van der Waals surface area contributed by atoms with E-state index in [1.807, 2.05) is 14.0 Å². The van der Waals surface area contributed by atoms with Crippen molar-refractivity contribution in [2.24, 2.45) is 7.05 Å². The van der Waals surface area contributed by atoms with Crippen molar-refractivity contribution < 1.29 is 4.42 Å². The molecule has 0 radical (unpaired) electrons. The summed E-state index contributed by atoms with van der Waals surface area (Å²) < 4.78 is 7.24. The Kier molecular flexibility index (Phi) is 2.86. The molecule has 0 saturated carbocycles. The van der Waals surface area contributed by atoms with E-state index in [9.17, 15) is 0 Å². The summed E-state index contributed by atoms with van der Waals surface area (Å²) in [7, 11) is 1.85. The van der Waals surface area contributed by atoms with Crippen LogP contribution < -0.4 is 5.32 Å². The molecule has 0 fully saturated rings. The van der Waals surface area contributed by atoms with Crippen molar-refractivity contribution in [1.82, 2.24) is 24.7 Å². The van der Waals surface area contributed by atoms with E-state index >= 15 is 0 Å². The van der Waals surface area contributed by atoms with Crippen molar-refractivity contribution in [3.63, 3.8) is 0 Å². The normalized spacial score (nSPS) is 11.1. The molecule has 0 atom stereocenters. The molecule has 0 aliphatic carbocycles. The average molecular weight is 258 g/mol. The van der Waals surface area contributed by atoms with Gasteiger partial charge in [-0.2, -0.15) is 5.10 Å². The zero-order chi connectivity index (χ0) is 13.2. The Morgan fingerprint density at radius 2 is 2.16 bits per heavy atom. The third kappa shape index (κ3) is 2.14. The molecule has 98 valence electrons. The first-order chi connectivity index (χ1) is 9.28. The van der Waals surface area contributed by atoms with E-state index in [4.69, 9.17) is 4.42 Å². The number of nitrogens with zero attached hydrogens (tertiary/aromatic N) is 5. The molecule has 19 heavy (non-hydrogen) atoms. The van der Waals surface area contributed by atoms with Gasteiger partial charge < -0.3 is 9.73 Å². The number of hydrogen-bond donors (Lipinski definition) is 1. The number of hydrogen-bond acceptors (Lipinski definition) is 6. The van der Waals surface area contributed by atoms with E-state index in [-0.39, 0.29) is 0 Å². The van der Waals surface area contributed by atoms with Crippen LogP contribution in [0.1, 0.15) is 18.6 Å². The molecular weight excluding hydrogens is 244 g/mol. The number of nitrogens with one attached hydrogen (secondary N) is 1. The molecule has 0 saturated heterocycles. The van der Waals surface area contributed by atoms with Crippen LogP contribution in [0.3, 0.4) is 0 Å². The van der Waals surface area contributed by atoms with Crippen molar-refractivity contribution in [3.05, 3.63) is 30.4 Å². The van der Waals surface area contributed by atoms with Crippen LogP contribution in [0.15, 0.2) is 23.1 Å². The minimum Gasteiger partial charge on any atom is -0.444 e. The molecule has 0 bridgehead atoms. The van der Waals surface area contributed by atoms with Crippen molar-refractivity contribution in [2.45, 2.75) is 19.9 Å². The maximum atomic E-state index is 5.53. The van der Waals surface area contributed by atoms with Gasteiger partial charge in [-0.25, -0.2) is 15.0 Å². The highest BCUT2D eigenvalue weighted by atomic mass is 16.4. The second-order valence-electron chi connectivity index (χ2n) is 4.16. The van der Waals surface area contributed by atoms with E-state index in [2.05, 4.69) is 25.4 Å². The molecule has 3 rings (SSSR count). The maximum absolute atomic E-state index is 5.53. The smallest absolute Gasteiger partial charge is 0.213 e. The van der Waals surface area contributed by atoms with Crippen LogP contribution >= 0.6 is 0 Å². The lowest BCUT2D eigenvalue weighted by Gasteiger charge is -2.03. The van der Waals surface area contributed by atoms with E-state index in [0.717, 1.165) is 29.0 Å². The second-order valence-corrected chi connectivity index (χ2v) is 4.16. The third-order valence-electron chi connectivity index (χ3n) is 2.89. The number of rotatable bonds is 4. The minimum absolute atomic E-state index is 0.487. The summed E-state index contributed by atoms with van der Waals surface area (Å²) in [5.41, 5.74) is 0.791. The lowest BCUT2D eigenvalue weighted by molar-refractivity contribution is 0.465. The molecule has 0 spiro atoms. The quantitative estimate of drug-likeness (QED) is 0.764. The van der Waals surface area contributed by atoms with Gasteiger partial charge in [0, 0.05) is 13.5 Å². The van der Waals surface area contributed by atoms with Crippen molar-refractivity contribution in [3.8, 4) is 0 Å². The van der Waals surface area contributed by atoms with E-state index in [1.165, 1.54) is 6.33 Å². The first kappa shape index (κ1) is 11.6. The molecule has 7 heteroatoms. The lowest BCUT2D eigenvalue weighted by atomic mass is 10.4. The van der Waals surface area contributed by atoms with Crippen LogP contribution in [0.25, 0.3) is 11.0 Å². The molecule has 0 amide bonds. The zero-order valence-corrected chi connectivity index (χ0v) is 10.8. The summed E-state index contributed by atoms with van der Waals surface area (Å²) in [4.78, 5) is 12.6. The summed E-state index contributed by atoms with van der Waals surface area (Å²) >= 11 is 0. The first-order valence-electron chi connectivity index (χ1n) is 6.08. The first-order valence-corrected chi connectivity index (χ1v) is 6.08. The van der Waals surface area contributed by atoms with Gasteiger partial charge in [0.25, 0.3) is 0 Å². The number of oxazole rings is 1. The highest BCUT2D eigenvalue weighted by molar-refractivity contribution is 5.85. The van der Waals surface area contributed by atoms with Gasteiger partial charge in [0.2, 0.25) is 5.89 Å². The van der Waals surface area contributed by atoms with Gasteiger partial charge in [0.1, 0.15) is 17.9 Å². The molecule has 0 unspecified atom stereocenters. The van der Waals surface area contributed by atoms with E-state index in [0.29, 0.717) is 12.4 Å². The fourth-order valence-corrected chi connectivity index (χ4v) is 1.86. The highest BCUT2D eigenvalue weighted by Gasteiger charge is 2.08. The largest absolute Gasteiger partial charge is 0.444 e. The summed E-state index contributed by atoms with van der Waals surface area (Å²) in [5, 5.41) is 8.24. The van der Waals surface area contributed by atoms with Crippen LogP contribution in [-0.2, 0) is 20.0 Å². The van der Waals surface area contributed by atoms with Crippen molar-refractivity contribution in [1.29, 1.82) is 0 Å². The molecule has 7 nitrogen and oxygen atoms in total. The lowest BCUT2D eigenvalue weighted by Crippen LogP contribution is -2.02. The Balaban J connectivity index is 1.81. The Hall–Kier alpha value is -2.44. The molecule has 0 aliphatic heterocycles. The summed E-state index contributed by atoms with van der Waals surface area (Å²) in [6, 6.07) is 0. The predicted molar refractivity (Wildman–Crippen MR) is 69.5 cm³/mol. The van der Waals surface area contributed by atoms with Crippen molar-refractivity contribution >= 4 is 16.9 Å². The number of aromatic nitrogens is 5. The molecule has 0 aromatic carbocycles. The number of anilines is 1. The van der Waals surface area contributed by atoms with E-state index in [1.54, 1.807) is 17.1 Å². The zero-order valence-electron chi connectivity index (χ0n) is 10.8. The highest BCUT2D eigenvalue weighted by Crippen LogP contribution is 2.18. The molecule has 1 N–H and O–H groups in total. The SMILES string of the molecule is CCc1cnc(CNc2ncnc3c2cnn3C)o1. The van der Waals surface area contributed by atoms with Crippen LogP contribution in [0.5, 0.6) is 0 Å². The van der Waals surface area contributed by atoms with Crippen LogP contribution in [0, 0.1) is 0 Å². The summed E-state index contributed by atoms with van der Waals surface area (Å²) in [5.74, 6) is 2.26. The number of aryl methyl sites for hydroxylation is 2. The van der Waals surface area contributed by atoms with Gasteiger partial charge in [0.05, 0.1) is 24.3 Å². The fraction of sp³-hybridized carbons (Fsp3) is 0.333. The Morgan fingerprint density at radius 1 is 1.26 bits per heavy atom. The van der Waals surface area contributed by atoms with Crippen LogP contribution in [0.2, 0.25) is 0 Å². The maximum Gasteiger partial charge on any atom is 0.213 e. The molecule has 3 heterocycles. The van der Waals surface area contributed by atoms with E-state index < -0.39 is 0 Å². The minimum atomic E-state index is 0.487. The van der Waals surface area contributed by atoms with Gasteiger partial charge in [-0.05, 0) is 0 Å². The van der Waals surface area contributed by atoms with Gasteiger partial charge in [-0.3, -0.25) is 4.68 Å². The van der Waals surface area contributed by atoms with Gasteiger partial charge in [-0.1, -0.05) is 6.92 Å². The molecule has 3 aromatic heterocycles.